The van der Waals surface area contributed by atoms with Gasteiger partial charge >= 0.3 is 6.18 Å². The number of benzene rings is 1. The molecule has 0 saturated heterocycles. The molecule has 0 aliphatic heterocycles. The molecule has 6 heteroatoms. The van der Waals surface area contributed by atoms with E-state index in [1.807, 2.05) is 0 Å². The predicted molar refractivity (Wildman–Crippen MR) is 57.2 cm³/mol. The number of aryl methyl sites for hydroxylation is 1. The minimum absolute atomic E-state index is 0.0491. The van der Waals surface area contributed by atoms with Crippen LogP contribution in [-0.2, 0) is 12.6 Å². The molecule has 0 aliphatic carbocycles. The first-order valence-corrected chi connectivity index (χ1v) is 5.17. The van der Waals surface area contributed by atoms with Gasteiger partial charge in [-0.3, -0.25) is 0 Å². The van der Waals surface area contributed by atoms with E-state index in [0.717, 1.165) is 12.1 Å². The smallest absolute Gasteiger partial charge is 0.351 e. The summed E-state index contributed by atoms with van der Waals surface area (Å²) in [4.78, 5) is 2.24. The number of rotatable bonds is 2. The number of hydrogen-bond donors (Lipinski definition) is 1. The second kappa shape index (κ2) is 4.33. The van der Waals surface area contributed by atoms with E-state index in [1.54, 1.807) is 6.07 Å². The fourth-order valence-electron chi connectivity index (χ4n) is 1.90. The van der Waals surface area contributed by atoms with Gasteiger partial charge < -0.3 is 4.98 Å². The monoisotopic (exact) mass is 256 g/mol. The van der Waals surface area contributed by atoms with E-state index >= 15 is 0 Å². The van der Waals surface area contributed by atoms with Crippen LogP contribution in [0.5, 0.6) is 0 Å². The van der Waals surface area contributed by atoms with Crippen LogP contribution in [-0.4, -0.2) is 4.98 Å². The quantitative estimate of drug-likeness (QED) is 0.816. The van der Waals surface area contributed by atoms with Crippen LogP contribution in [0.3, 0.4) is 0 Å². The van der Waals surface area contributed by atoms with Gasteiger partial charge in [0.25, 0.3) is 0 Å². The van der Waals surface area contributed by atoms with Crippen molar-refractivity contribution in [2.75, 3.05) is 0 Å². The van der Waals surface area contributed by atoms with Gasteiger partial charge in [-0.15, -0.1) is 0 Å². The molecular formula is C12H8F4N2. The Morgan fingerprint density at radius 2 is 2.00 bits per heavy atom. The Bertz CT molecular complexity index is 619. The Kier molecular flexibility index (Phi) is 2.99. The van der Waals surface area contributed by atoms with Crippen molar-refractivity contribution in [2.45, 2.75) is 19.0 Å². The summed E-state index contributed by atoms with van der Waals surface area (Å²) in [7, 11) is 0. The molecule has 1 heterocycles. The maximum Gasteiger partial charge on any atom is 0.431 e. The third kappa shape index (κ3) is 2.16. The van der Waals surface area contributed by atoms with Crippen LogP contribution >= 0.6 is 0 Å². The largest absolute Gasteiger partial charge is 0.431 e. The Labute approximate surface area is 99.8 Å². The number of nitrogens with one attached hydrogen (secondary N) is 1. The number of alkyl halides is 3. The van der Waals surface area contributed by atoms with Crippen molar-refractivity contribution in [3.05, 3.63) is 35.3 Å². The molecular weight excluding hydrogens is 248 g/mol. The Morgan fingerprint density at radius 1 is 1.28 bits per heavy atom. The molecule has 0 fully saturated rings. The third-order valence-electron chi connectivity index (χ3n) is 2.64. The highest BCUT2D eigenvalue weighted by molar-refractivity contribution is 5.85. The summed E-state index contributed by atoms with van der Waals surface area (Å²) in [6.45, 7) is 0. The van der Waals surface area contributed by atoms with Crippen molar-refractivity contribution in [1.82, 2.24) is 4.98 Å². The Balaban J connectivity index is 2.66. The van der Waals surface area contributed by atoms with Crippen molar-refractivity contribution in [3.63, 3.8) is 0 Å². The van der Waals surface area contributed by atoms with E-state index < -0.39 is 17.7 Å². The van der Waals surface area contributed by atoms with E-state index in [2.05, 4.69) is 4.98 Å². The number of aromatic amines is 1. The molecule has 0 radical (unpaired) electrons. The average molecular weight is 256 g/mol. The van der Waals surface area contributed by atoms with Crippen LogP contribution in [0.4, 0.5) is 17.6 Å². The summed E-state index contributed by atoms with van der Waals surface area (Å²) < 4.78 is 51.5. The Hall–Kier alpha value is -2.03. The van der Waals surface area contributed by atoms with E-state index in [0.29, 0.717) is 0 Å². The summed E-state index contributed by atoms with van der Waals surface area (Å²) in [5.74, 6) is -0.603. The van der Waals surface area contributed by atoms with Gasteiger partial charge in [-0.25, -0.2) is 4.39 Å². The lowest BCUT2D eigenvalue weighted by Gasteiger charge is -2.06. The van der Waals surface area contributed by atoms with Crippen LogP contribution in [0.2, 0.25) is 0 Å². The number of halogens is 4. The zero-order valence-corrected chi connectivity index (χ0v) is 9.11. The van der Waals surface area contributed by atoms with Crippen molar-refractivity contribution in [2.24, 2.45) is 0 Å². The third-order valence-corrected chi connectivity index (χ3v) is 2.64. The molecule has 94 valence electrons. The highest BCUT2D eigenvalue weighted by Gasteiger charge is 2.36. The first-order valence-electron chi connectivity index (χ1n) is 5.17. The number of H-pyrrole nitrogens is 1. The highest BCUT2D eigenvalue weighted by Crippen LogP contribution is 2.36. The van der Waals surface area contributed by atoms with Crippen LogP contribution in [0, 0.1) is 17.1 Å². The van der Waals surface area contributed by atoms with Crippen molar-refractivity contribution < 1.29 is 17.6 Å². The summed E-state index contributed by atoms with van der Waals surface area (Å²) in [6, 6.07) is 5.19. The molecule has 2 aromatic rings. The zero-order chi connectivity index (χ0) is 13.3. The van der Waals surface area contributed by atoms with Gasteiger partial charge in [0.1, 0.15) is 11.5 Å². The molecule has 1 aromatic carbocycles. The van der Waals surface area contributed by atoms with Gasteiger partial charge in [-0.2, -0.15) is 18.4 Å². The highest BCUT2D eigenvalue weighted by atomic mass is 19.4. The molecule has 18 heavy (non-hydrogen) atoms. The number of nitriles is 1. The number of aromatic nitrogens is 1. The molecule has 0 amide bonds. The van der Waals surface area contributed by atoms with E-state index in [9.17, 15) is 17.6 Å². The zero-order valence-electron chi connectivity index (χ0n) is 9.11. The normalized spacial score (nSPS) is 11.7. The van der Waals surface area contributed by atoms with Gasteiger partial charge in [-0.05, 0) is 30.2 Å². The average Bonchev–Trinajstić information content (AvgIpc) is 2.64. The maximum absolute atomic E-state index is 13.1. The van der Waals surface area contributed by atoms with E-state index in [1.165, 1.54) is 6.07 Å². The van der Waals surface area contributed by atoms with Crippen LogP contribution in [0.1, 0.15) is 17.7 Å². The van der Waals surface area contributed by atoms with E-state index in [-0.39, 0.29) is 29.3 Å². The number of hydrogen-bond acceptors (Lipinski definition) is 1. The number of nitrogens with zero attached hydrogens (tertiary/aromatic N) is 1. The van der Waals surface area contributed by atoms with Gasteiger partial charge in [0.2, 0.25) is 0 Å². The van der Waals surface area contributed by atoms with Crippen molar-refractivity contribution >= 4 is 10.9 Å². The van der Waals surface area contributed by atoms with Gasteiger partial charge in [0, 0.05) is 17.3 Å². The van der Waals surface area contributed by atoms with Gasteiger partial charge in [0.15, 0.2) is 0 Å². The summed E-state index contributed by atoms with van der Waals surface area (Å²) in [5, 5.41) is 8.65. The molecule has 1 N–H and O–H groups in total. The minimum atomic E-state index is -4.54. The molecule has 0 unspecified atom stereocenters. The van der Waals surface area contributed by atoms with Gasteiger partial charge in [-0.1, -0.05) is 0 Å². The second-order valence-electron chi connectivity index (χ2n) is 3.82. The molecule has 0 spiro atoms. The van der Waals surface area contributed by atoms with Crippen LogP contribution in [0.25, 0.3) is 10.9 Å². The molecule has 1 aromatic heterocycles. The molecule has 0 aliphatic rings. The summed E-state index contributed by atoms with van der Waals surface area (Å²) >= 11 is 0. The molecule has 2 nitrogen and oxygen atoms in total. The van der Waals surface area contributed by atoms with Crippen LogP contribution < -0.4 is 0 Å². The van der Waals surface area contributed by atoms with E-state index in [4.69, 9.17) is 5.26 Å². The summed E-state index contributed by atoms with van der Waals surface area (Å²) in [6.07, 6.45) is -4.65. The SMILES string of the molecule is N#CCCc1c(C(F)(F)F)[nH]c2ccc(F)cc12. The predicted octanol–water partition coefficient (Wildman–Crippen LogP) is 3.78. The fraction of sp³-hybridized carbons (Fsp3) is 0.250. The molecule has 0 bridgehead atoms. The van der Waals surface area contributed by atoms with Gasteiger partial charge in [0.05, 0.1) is 6.07 Å². The first kappa shape index (κ1) is 12.4. The maximum atomic E-state index is 13.1. The molecule has 0 saturated carbocycles. The lowest BCUT2D eigenvalue weighted by molar-refractivity contribution is -0.141. The fourth-order valence-corrected chi connectivity index (χ4v) is 1.90. The first-order chi connectivity index (χ1) is 8.43. The summed E-state index contributed by atoms with van der Waals surface area (Å²) in [5.41, 5.74) is -0.742. The molecule has 0 atom stereocenters. The standard InChI is InChI=1S/C12H8F4N2/c13-7-3-4-10-9(6-7)8(2-1-5-17)11(18-10)12(14,15)16/h3-4,6,18H,1-2H2. The second-order valence-corrected chi connectivity index (χ2v) is 3.82. The minimum Gasteiger partial charge on any atom is -0.351 e. The molecule has 2 rings (SSSR count). The Morgan fingerprint density at radius 3 is 2.61 bits per heavy atom. The lowest BCUT2D eigenvalue weighted by Crippen LogP contribution is -2.08. The van der Waals surface area contributed by atoms with Crippen LogP contribution in [0.15, 0.2) is 18.2 Å². The topological polar surface area (TPSA) is 39.6 Å². The van der Waals surface area contributed by atoms with Crippen molar-refractivity contribution in [3.8, 4) is 6.07 Å². The number of fused-ring (bicyclic) bond motifs is 1. The van der Waals surface area contributed by atoms with Crippen molar-refractivity contribution in [1.29, 1.82) is 5.26 Å². The lowest BCUT2D eigenvalue weighted by atomic mass is 10.1.